The van der Waals surface area contributed by atoms with Crippen LogP contribution in [0.5, 0.6) is 0 Å². The first-order valence-corrected chi connectivity index (χ1v) is 9.68. The zero-order chi connectivity index (χ0) is 18.8. The summed E-state index contributed by atoms with van der Waals surface area (Å²) >= 11 is 12.3. The van der Waals surface area contributed by atoms with E-state index in [0.29, 0.717) is 11.1 Å². The zero-order valence-corrected chi connectivity index (χ0v) is 16.0. The van der Waals surface area contributed by atoms with Gasteiger partial charge in [-0.3, -0.25) is 4.79 Å². The third kappa shape index (κ3) is 4.52. The highest BCUT2D eigenvalue weighted by Crippen LogP contribution is 2.33. The molecule has 0 unspecified atom stereocenters. The summed E-state index contributed by atoms with van der Waals surface area (Å²) in [6, 6.07) is 9.46. The molecule has 0 radical (unpaired) electrons. The normalized spacial score (nSPS) is 12.8. The van der Waals surface area contributed by atoms with E-state index in [4.69, 9.17) is 28.9 Å². The van der Waals surface area contributed by atoms with Gasteiger partial charge in [0.2, 0.25) is 15.9 Å². The van der Waals surface area contributed by atoms with Crippen LogP contribution in [0.1, 0.15) is 16.7 Å². The van der Waals surface area contributed by atoms with Crippen LogP contribution in [0.4, 0.5) is 0 Å². The van der Waals surface area contributed by atoms with Crippen LogP contribution in [-0.2, 0) is 21.2 Å². The Hall–Kier alpha value is -1.60. The maximum Gasteiger partial charge on any atom is 0.243 e. The van der Waals surface area contributed by atoms with Gasteiger partial charge in [0, 0.05) is 5.02 Å². The summed E-state index contributed by atoms with van der Waals surface area (Å²) in [6.45, 7) is 3.21. The molecule has 5 nitrogen and oxygen atoms in total. The van der Waals surface area contributed by atoms with Gasteiger partial charge in [0.15, 0.2) is 0 Å². The third-order valence-electron chi connectivity index (χ3n) is 3.78. The van der Waals surface area contributed by atoms with Crippen molar-refractivity contribution in [2.24, 2.45) is 5.73 Å². The Bertz CT molecular complexity index is 874. The molecule has 25 heavy (non-hydrogen) atoms. The average Bonchev–Trinajstić information content (AvgIpc) is 2.53. The number of hydrogen-bond acceptors (Lipinski definition) is 3. The molecule has 0 spiro atoms. The van der Waals surface area contributed by atoms with Crippen molar-refractivity contribution in [1.82, 2.24) is 4.72 Å². The highest BCUT2D eigenvalue weighted by Gasteiger charge is 2.29. The molecular weight excluding hydrogens is 383 g/mol. The molecule has 0 bridgehead atoms. The van der Waals surface area contributed by atoms with Crippen LogP contribution in [0.25, 0.3) is 0 Å². The van der Waals surface area contributed by atoms with Crippen LogP contribution >= 0.6 is 23.2 Å². The van der Waals surface area contributed by atoms with Gasteiger partial charge in [0.05, 0.1) is 5.02 Å². The number of primary amides is 1. The van der Waals surface area contributed by atoms with E-state index < -0.39 is 22.0 Å². The van der Waals surface area contributed by atoms with Gasteiger partial charge in [-0.05, 0) is 43.0 Å². The topological polar surface area (TPSA) is 89.3 Å². The Balaban J connectivity index is 2.41. The van der Waals surface area contributed by atoms with Crippen molar-refractivity contribution in [3.8, 4) is 0 Å². The first kappa shape index (κ1) is 19.7. The number of sulfonamides is 1. The van der Waals surface area contributed by atoms with Crippen molar-refractivity contribution in [3.63, 3.8) is 0 Å². The number of carbonyl (C=O) groups is 1. The smallest absolute Gasteiger partial charge is 0.243 e. The minimum atomic E-state index is -4.10. The van der Waals surface area contributed by atoms with Crippen LogP contribution in [-0.4, -0.2) is 20.4 Å². The molecule has 0 aliphatic rings. The molecule has 0 heterocycles. The maximum atomic E-state index is 12.8. The van der Waals surface area contributed by atoms with Crippen molar-refractivity contribution < 1.29 is 13.2 Å². The number of hydrogen-bond donors (Lipinski definition) is 2. The fourth-order valence-electron chi connectivity index (χ4n) is 2.43. The molecular formula is C17H18Cl2N2O3S. The highest BCUT2D eigenvalue weighted by atomic mass is 35.5. The Morgan fingerprint density at radius 1 is 1.20 bits per heavy atom. The second-order valence-electron chi connectivity index (χ2n) is 5.71. The summed E-state index contributed by atoms with van der Waals surface area (Å²) in [5.41, 5.74) is 6.99. The number of aryl methyl sites for hydroxylation is 1. The molecule has 8 heteroatoms. The Labute approximate surface area is 157 Å². The average molecular weight is 401 g/mol. The largest absolute Gasteiger partial charge is 0.368 e. The molecule has 2 aromatic carbocycles. The third-order valence-corrected chi connectivity index (χ3v) is 6.41. The lowest BCUT2D eigenvalue weighted by molar-refractivity contribution is -0.119. The van der Waals surface area contributed by atoms with Crippen LogP contribution in [0, 0.1) is 13.8 Å². The van der Waals surface area contributed by atoms with Crippen molar-refractivity contribution in [3.05, 3.63) is 63.1 Å². The number of nitrogens with one attached hydrogen (secondary N) is 1. The quantitative estimate of drug-likeness (QED) is 0.780. The van der Waals surface area contributed by atoms with E-state index in [1.807, 2.05) is 6.07 Å². The van der Waals surface area contributed by atoms with Gasteiger partial charge in [-0.15, -0.1) is 0 Å². The van der Waals surface area contributed by atoms with E-state index in [1.165, 1.54) is 0 Å². The number of halogens is 2. The summed E-state index contributed by atoms with van der Waals surface area (Å²) in [4.78, 5) is 11.6. The first-order valence-electron chi connectivity index (χ1n) is 7.44. The standard InChI is InChI=1S/C17H18Cl2N2O3S/c1-10-8-13(18)11(2)16(15(10)19)25(23,24)21-14(17(20)22)9-12-6-4-3-5-7-12/h3-8,14,21H,9H2,1-2H3,(H2,20,22)/t14-/m0/s1. The molecule has 1 amide bonds. The number of rotatable bonds is 6. The monoisotopic (exact) mass is 400 g/mol. The molecule has 1 atom stereocenters. The van der Waals surface area contributed by atoms with Crippen molar-refractivity contribution in [2.75, 3.05) is 0 Å². The summed E-state index contributed by atoms with van der Waals surface area (Å²) in [5.74, 6) is -0.778. The number of nitrogens with two attached hydrogens (primary N) is 1. The van der Waals surface area contributed by atoms with Gasteiger partial charge in [0.25, 0.3) is 0 Å². The van der Waals surface area contributed by atoms with Gasteiger partial charge in [0.1, 0.15) is 10.9 Å². The SMILES string of the molecule is Cc1cc(Cl)c(C)c(S(=O)(=O)N[C@@H](Cc2ccccc2)C(N)=O)c1Cl. The number of carbonyl (C=O) groups excluding carboxylic acids is 1. The highest BCUT2D eigenvalue weighted by molar-refractivity contribution is 7.89. The summed E-state index contributed by atoms with van der Waals surface area (Å²) < 4.78 is 28.0. The fraction of sp³-hybridized carbons (Fsp3) is 0.235. The van der Waals surface area contributed by atoms with Crippen molar-refractivity contribution in [1.29, 1.82) is 0 Å². The first-order chi connectivity index (χ1) is 11.6. The predicted octanol–water partition coefficient (Wildman–Crippen LogP) is 2.99. The molecule has 0 saturated heterocycles. The lowest BCUT2D eigenvalue weighted by Crippen LogP contribution is -2.46. The van der Waals surface area contributed by atoms with E-state index in [1.54, 1.807) is 44.2 Å². The Morgan fingerprint density at radius 3 is 2.36 bits per heavy atom. The molecule has 0 saturated carbocycles. The van der Waals surface area contributed by atoms with E-state index in [-0.39, 0.29) is 21.4 Å². The second-order valence-corrected chi connectivity index (χ2v) is 8.15. The van der Waals surface area contributed by atoms with Gasteiger partial charge >= 0.3 is 0 Å². The van der Waals surface area contributed by atoms with Crippen LogP contribution < -0.4 is 10.5 Å². The molecule has 0 aromatic heterocycles. The number of benzene rings is 2. The maximum absolute atomic E-state index is 12.8. The molecule has 2 aromatic rings. The Kier molecular flexibility index (Phi) is 6.11. The second kappa shape index (κ2) is 7.74. The Morgan fingerprint density at radius 2 is 1.80 bits per heavy atom. The predicted molar refractivity (Wildman–Crippen MR) is 99.4 cm³/mol. The van der Waals surface area contributed by atoms with Crippen LogP contribution in [0.2, 0.25) is 10.0 Å². The molecule has 134 valence electrons. The fourth-order valence-corrected chi connectivity index (χ4v) is 4.85. The van der Waals surface area contributed by atoms with E-state index in [9.17, 15) is 13.2 Å². The molecule has 0 fully saturated rings. The van der Waals surface area contributed by atoms with Crippen molar-refractivity contribution >= 4 is 39.1 Å². The van der Waals surface area contributed by atoms with Gasteiger partial charge in [-0.1, -0.05) is 53.5 Å². The van der Waals surface area contributed by atoms with E-state index in [2.05, 4.69) is 4.72 Å². The molecule has 0 aliphatic heterocycles. The van der Waals surface area contributed by atoms with Gasteiger partial charge in [-0.25, -0.2) is 8.42 Å². The minimum absolute atomic E-state index is 0.0670. The molecule has 2 rings (SSSR count). The van der Waals surface area contributed by atoms with Gasteiger partial charge < -0.3 is 5.73 Å². The lowest BCUT2D eigenvalue weighted by Gasteiger charge is -2.19. The van der Waals surface area contributed by atoms with E-state index >= 15 is 0 Å². The summed E-state index contributed by atoms with van der Waals surface area (Å²) in [7, 11) is -4.10. The summed E-state index contributed by atoms with van der Waals surface area (Å²) in [5, 5.41) is 0.346. The molecule has 0 aliphatic carbocycles. The van der Waals surface area contributed by atoms with Crippen LogP contribution in [0.15, 0.2) is 41.3 Å². The van der Waals surface area contributed by atoms with Crippen molar-refractivity contribution in [2.45, 2.75) is 31.2 Å². The lowest BCUT2D eigenvalue weighted by atomic mass is 10.1. The number of amides is 1. The van der Waals surface area contributed by atoms with E-state index in [0.717, 1.165) is 5.56 Å². The van der Waals surface area contributed by atoms with Gasteiger partial charge in [-0.2, -0.15) is 4.72 Å². The zero-order valence-electron chi connectivity index (χ0n) is 13.7. The minimum Gasteiger partial charge on any atom is -0.368 e. The summed E-state index contributed by atoms with van der Waals surface area (Å²) in [6.07, 6.45) is 0.131. The van der Waals surface area contributed by atoms with Crippen LogP contribution in [0.3, 0.4) is 0 Å². The molecule has 3 N–H and O–H groups in total.